The second-order valence-electron chi connectivity index (χ2n) is 4.36. The Kier molecular flexibility index (Phi) is 6.69. The van der Waals surface area contributed by atoms with Gasteiger partial charge in [0.1, 0.15) is 6.61 Å². The van der Waals surface area contributed by atoms with Gasteiger partial charge in [-0.15, -0.1) is 0 Å². The highest BCUT2D eigenvalue weighted by Crippen LogP contribution is 2.08. The van der Waals surface area contributed by atoms with E-state index < -0.39 is 18.0 Å². The number of esters is 1. The summed E-state index contributed by atoms with van der Waals surface area (Å²) in [7, 11) is 0. The minimum atomic E-state index is -1.12. The number of aliphatic hydroxyl groups is 2. The van der Waals surface area contributed by atoms with Crippen molar-refractivity contribution < 1.29 is 29.6 Å². The third-order valence-electron chi connectivity index (χ3n) is 2.70. The number of rotatable bonds is 8. The van der Waals surface area contributed by atoms with Crippen molar-refractivity contribution in [2.24, 2.45) is 0 Å². The van der Waals surface area contributed by atoms with Crippen LogP contribution in [-0.4, -0.2) is 46.6 Å². The van der Waals surface area contributed by atoms with Gasteiger partial charge in [0.15, 0.2) is 0 Å². The van der Waals surface area contributed by atoms with Gasteiger partial charge in [-0.3, -0.25) is 0 Å². The molecule has 1 unspecified atom stereocenters. The first-order valence-electron chi connectivity index (χ1n) is 6.34. The molecule has 0 aliphatic rings. The van der Waals surface area contributed by atoms with Gasteiger partial charge in [0.2, 0.25) is 0 Å². The Labute approximate surface area is 116 Å². The van der Waals surface area contributed by atoms with Gasteiger partial charge in [-0.1, -0.05) is 6.07 Å². The van der Waals surface area contributed by atoms with Gasteiger partial charge in [-0.25, -0.2) is 9.59 Å². The first kappa shape index (κ1) is 16.1. The standard InChI is InChI=1S/C14H18O6/c15-7-2-1-6-12(16)9-20-14(19)11-5-3-4-10(8-11)13(17)18/h3-5,8,12,15-16H,1-2,6-7,9H2,(H,17,18). The molecule has 1 atom stereocenters. The molecule has 1 aromatic rings. The van der Waals surface area contributed by atoms with E-state index in [1.165, 1.54) is 24.3 Å². The number of aliphatic hydroxyl groups excluding tert-OH is 2. The van der Waals surface area contributed by atoms with Crippen molar-refractivity contribution in [3.63, 3.8) is 0 Å². The lowest BCUT2D eigenvalue weighted by Gasteiger charge is -2.11. The summed E-state index contributed by atoms with van der Waals surface area (Å²) in [5.41, 5.74) is 0.135. The predicted octanol–water partition coefficient (Wildman–Crippen LogP) is 1.07. The monoisotopic (exact) mass is 282 g/mol. The summed E-state index contributed by atoms with van der Waals surface area (Å²) in [6, 6.07) is 5.51. The predicted molar refractivity (Wildman–Crippen MR) is 70.6 cm³/mol. The van der Waals surface area contributed by atoms with Gasteiger partial charge in [-0.2, -0.15) is 0 Å². The number of carboxylic acids is 1. The Hall–Kier alpha value is -1.92. The van der Waals surface area contributed by atoms with Crippen LogP contribution in [0.15, 0.2) is 24.3 Å². The average molecular weight is 282 g/mol. The summed E-state index contributed by atoms with van der Waals surface area (Å²) >= 11 is 0. The molecule has 0 heterocycles. The lowest BCUT2D eigenvalue weighted by atomic mass is 10.1. The Morgan fingerprint density at radius 2 is 1.90 bits per heavy atom. The van der Waals surface area contributed by atoms with Crippen molar-refractivity contribution in [2.45, 2.75) is 25.4 Å². The van der Waals surface area contributed by atoms with Gasteiger partial charge in [0, 0.05) is 6.61 Å². The summed E-state index contributed by atoms with van der Waals surface area (Å²) in [5.74, 6) is -1.79. The lowest BCUT2D eigenvalue weighted by molar-refractivity contribution is 0.0230. The third kappa shape index (κ3) is 5.38. The molecule has 0 radical (unpaired) electrons. The SMILES string of the molecule is O=C(O)c1cccc(C(=O)OCC(O)CCCCO)c1. The second-order valence-corrected chi connectivity index (χ2v) is 4.36. The van der Waals surface area contributed by atoms with Crippen LogP contribution in [0.3, 0.4) is 0 Å². The van der Waals surface area contributed by atoms with Crippen LogP contribution in [0.25, 0.3) is 0 Å². The number of carboxylic acid groups (broad SMARTS) is 1. The van der Waals surface area contributed by atoms with E-state index in [4.69, 9.17) is 14.9 Å². The van der Waals surface area contributed by atoms with E-state index in [1.54, 1.807) is 0 Å². The largest absolute Gasteiger partial charge is 0.478 e. The fourth-order valence-electron chi connectivity index (χ4n) is 1.61. The molecular formula is C14H18O6. The van der Waals surface area contributed by atoms with Crippen LogP contribution < -0.4 is 0 Å². The number of carbonyl (C=O) groups excluding carboxylic acids is 1. The van der Waals surface area contributed by atoms with Crippen molar-refractivity contribution in [1.82, 2.24) is 0 Å². The number of aromatic carboxylic acids is 1. The maximum Gasteiger partial charge on any atom is 0.338 e. The van der Waals surface area contributed by atoms with Crippen LogP contribution in [0.2, 0.25) is 0 Å². The molecule has 6 nitrogen and oxygen atoms in total. The van der Waals surface area contributed by atoms with Crippen LogP contribution in [0, 0.1) is 0 Å². The van der Waals surface area contributed by atoms with E-state index in [0.717, 1.165) is 0 Å². The maximum absolute atomic E-state index is 11.7. The highest BCUT2D eigenvalue weighted by molar-refractivity contribution is 5.94. The van der Waals surface area contributed by atoms with E-state index in [1.807, 2.05) is 0 Å². The molecule has 1 rings (SSSR count). The van der Waals surface area contributed by atoms with Crippen molar-refractivity contribution in [3.05, 3.63) is 35.4 Å². The Bertz CT molecular complexity index is 457. The van der Waals surface area contributed by atoms with Crippen LogP contribution >= 0.6 is 0 Å². The summed E-state index contributed by atoms with van der Waals surface area (Å²) in [6.45, 7) is -0.0873. The zero-order valence-corrected chi connectivity index (χ0v) is 11.0. The molecule has 3 N–H and O–H groups in total. The maximum atomic E-state index is 11.7. The number of hydrogen-bond donors (Lipinski definition) is 3. The van der Waals surface area contributed by atoms with Gasteiger partial charge in [-0.05, 0) is 37.5 Å². The van der Waals surface area contributed by atoms with E-state index in [2.05, 4.69) is 0 Å². The normalized spacial score (nSPS) is 11.9. The van der Waals surface area contributed by atoms with Gasteiger partial charge < -0.3 is 20.1 Å². The summed E-state index contributed by atoms with van der Waals surface area (Å²) in [6.07, 6.45) is 0.881. The molecule has 0 saturated carbocycles. The molecule has 20 heavy (non-hydrogen) atoms. The Morgan fingerprint density at radius 1 is 1.20 bits per heavy atom. The smallest absolute Gasteiger partial charge is 0.338 e. The van der Waals surface area contributed by atoms with Crippen molar-refractivity contribution in [3.8, 4) is 0 Å². The highest BCUT2D eigenvalue weighted by atomic mass is 16.5. The first-order chi connectivity index (χ1) is 9.54. The van der Waals surface area contributed by atoms with E-state index >= 15 is 0 Å². The summed E-state index contributed by atoms with van der Waals surface area (Å²) in [4.78, 5) is 22.5. The minimum absolute atomic E-state index is 0.00273. The Morgan fingerprint density at radius 3 is 2.55 bits per heavy atom. The number of benzene rings is 1. The average Bonchev–Trinajstić information content (AvgIpc) is 2.45. The molecule has 0 aliphatic carbocycles. The van der Waals surface area contributed by atoms with Gasteiger partial charge in [0.05, 0.1) is 17.2 Å². The van der Waals surface area contributed by atoms with Crippen LogP contribution in [0.5, 0.6) is 0 Å². The summed E-state index contributed by atoms with van der Waals surface area (Å²) < 4.78 is 4.91. The summed E-state index contributed by atoms with van der Waals surface area (Å²) in [5, 5.41) is 27.0. The van der Waals surface area contributed by atoms with E-state index in [0.29, 0.717) is 19.3 Å². The molecule has 0 saturated heterocycles. The van der Waals surface area contributed by atoms with Crippen LogP contribution in [0.1, 0.15) is 40.0 Å². The zero-order chi connectivity index (χ0) is 15.0. The lowest BCUT2D eigenvalue weighted by Crippen LogP contribution is -2.19. The quantitative estimate of drug-likeness (QED) is 0.486. The zero-order valence-electron chi connectivity index (χ0n) is 11.0. The highest BCUT2D eigenvalue weighted by Gasteiger charge is 2.13. The van der Waals surface area contributed by atoms with Gasteiger partial charge in [0.25, 0.3) is 0 Å². The number of hydrogen-bond acceptors (Lipinski definition) is 5. The molecule has 0 aliphatic heterocycles. The van der Waals surface area contributed by atoms with Crippen molar-refractivity contribution >= 4 is 11.9 Å². The molecular weight excluding hydrogens is 264 g/mol. The van der Waals surface area contributed by atoms with E-state index in [9.17, 15) is 14.7 Å². The first-order valence-corrected chi connectivity index (χ1v) is 6.34. The van der Waals surface area contributed by atoms with Crippen LogP contribution in [-0.2, 0) is 4.74 Å². The number of unbranched alkanes of at least 4 members (excludes halogenated alkanes) is 1. The minimum Gasteiger partial charge on any atom is -0.478 e. The van der Waals surface area contributed by atoms with E-state index in [-0.39, 0.29) is 24.3 Å². The molecule has 0 bridgehead atoms. The number of ether oxygens (including phenoxy) is 1. The Balaban J connectivity index is 2.46. The van der Waals surface area contributed by atoms with Crippen molar-refractivity contribution in [1.29, 1.82) is 0 Å². The second kappa shape index (κ2) is 8.29. The van der Waals surface area contributed by atoms with Crippen LogP contribution in [0.4, 0.5) is 0 Å². The molecule has 0 amide bonds. The topological polar surface area (TPSA) is 104 Å². The third-order valence-corrected chi connectivity index (χ3v) is 2.70. The molecule has 0 aromatic heterocycles. The molecule has 110 valence electrons. The number of carbonyl (C=O) groups is 2. The molecule has 0 fully saturated rings. The fraction of sp³-hybridized carbons (Fsp3) is 0.429. The molecule has 6 heteroatoms. The molecule has 1 aromatic carbocycles. The van der Waals surface area contributed by atoms with Crippen molar-refractivity contribution in [2.75, 3.05) is 13.2 Å². The fourth-order valence-corrected chi connectivity index (χ4v) is 1.61. The molecule has 0 spiro atoms. The van der Waals surface area contributed by atoms with Gasteiger partial charge >= 0.3 is 11.9 Å².